The fraction of sp³-hybridized carbons (Fsp3) is 0.375. The number of carbonyl (C=O) groups excluding carboxylic acids is 1. The van der Waals surface area contributed by atoms with E-state index in [1.165, 1.54) is 17.9 Å². The van der Waals surface area contributed by atoms with Crippen molar-refractivity contribution in [1.82, 2.24) is 19.7 Å². The van der Waals surface area contributed by atoms with Crippen molar-refractivity contribution in [3.05, 3.63) is 70.3 Å². The molecule has 0 unspecified atom stereocenters. The van der Waals surface area contributed by atoms with Gasteiger partial charge in [0.1, 0.15) is 0 Å². The molecule has 0 spiro atoms. The summed E-state index contributed by atoms with van der Waals surface area (Å²) in [6.07, 6.45) is 1.49. The monoisotopic (exact) mass is 520 g/mol. The Morgan fingerprint density at radius 1 is 1.15 bits per heavy atom. The van der Waals surface area contributed by atoms with Crippen LogP contribution in [0.5, 0.6) is 0 Å². The van der Waals surface area contributed by atoms with Gasteiger partial charge in [-0.25, -0.2) is 0 Å². The largest absolute Gasteiger partial charge is 0.435 e. The van der Waals surface area contributed by atoms with Gasteiger partial charge in [0.05, 0.1) is 6.04 Å². The summed E-state index contributed by atoms with van der Waals surface area (Å²) in [5.74, 6) is -0.175. The standard InChI is InChI=1S/C24H24BrF3N4O/c1-4-21(16-7-14(2)11-29-12-16)32-6-5-17-18(8-15(10-25)9-19(17)23(32)33)20-13-31(3)30-22(20)24(26,27)28/h7-9,11-13,21H,4-6,10H2,1-3H3/t21-/m1/s1. The van der Waals surface area contributed by atoms with Crippen molar-refractivity contribution in [3.8, 4) is 11.1 Å². The Bertz CT molecular complexity index is 1200. The number of aromatic nitrogens is 3. The van der Waals surface area contributed by atoms with Crippen LogP contribution in [0.3, 0.4) is 0 Å². The first-order chi connectivity index (χ1) is 15.6. The van der Waals surface area contributed by atoms with E-state index in [1.54, 1.807) is 24.5 Å². The Labute approximate surface area is 198 Å². The number of halogens is 4. The molecule has 0 radical (unpaired) electrons. The van der Waals surface area contributed by atoms with Gasteiger partial charge in [-0.2, -0.15) is 18.3 Å². The van der Waals surface area contributed by atoms with Crippen LogP contribution in [0.4, 0.5) is 13.2 Å². The van der Waals surface area contributed by atoms with Crippen molar-refractivity contribution < 1.29 is 18.0 Å². The summed E-state index contributed by atoms with van der Waals surface area (Å²) in [7, 11) is 1.47. The number of amides is 1. The molecule has 1 aliphatic heterocycles. The molecule has 2 aromatic heterocycles. The average molecular weight is 521 g/mol. The van der Waals surface area contributed by atoms with E-state index >= 15 is 0 Å². The van der Waals surface area contributed by atoms with Crippen LogP contribution in [0, 0.1) is 6.92 Å². The second-order valence-corrected chi connectivity index (χ2v) is 8.89. The average Bonchev–Trinajstić information content (AvgIpc) is 3.17. The molecule has 0 aliphatic carbocycles. The molecule has 3 heterocycles. The maximum absolute atomic E-state index is 13.7. The maximum atomic E-state index is 13.7. The van der Waals surface area contributed by atoms with E-state index in [1.807, 2.05) is 24.8 Å². The molecule has 1 atom stereocenters. The normalized spacial score (nSPS) is 15.0. The zero-order valence-electron chi connectivity index (χ0n) is 18.6. The fourth-order valence-corrected chi connectivity index (χ4v) is 4.91. The first-order valence-electron chi connectivity index (χ1n) is 10.7. The number of hydrogen-bond acceptors (Lipinski definition) is 3. The number of alkyl halides is 4. The van der Waals surface area contributed by atoms with Crippen LogP contribution < -0.4 is 0 Å². The molecule has 3 aromatic rings. The first kappa shape index (κ1) is 23.5. The van der Waals surface area contributed by atoms with Crippen LogP contribution in [0.2, 0.25) is 0 Å². The number of pyridine rings is 1. The van der Waals surface area contributed by atoms with Crippen LogP contribution in [-0.2, 0) is 25.0 Å². The quantitative estimate of drug-likeness (QED) is 0.396. The van der Waals surface area contributed by atoms with Gasteiger partial charge in [-0.15, -0.1) is 0 Å². The van der Waals surface area contributed by atoms with E-state index in [2.05, 4.69) is 26.0 Å². The Hall–Kier alpha value is -2.68. The predicted octanol–water partition coefficient (Wildman–Crippen LogP) is 5.85. The smallest absolute Gasteiger partial charge is 0.331 e. The Morgan fingerprint density at radius 2 is 1.88 bits per heavy atom. The molecule has 33 heavy (non-hydrogen) atoms. The van der Waals surface area contributed by atoms with Crippen molar-refractivity contribution >= 4 is 21.8 Å². The lowest BCUT2D eigenvalue weighted by Crippen LogP contribution is -2.40. The van der Waals surface area contributed by atoms with Gasteiger partial charge in [-0.05, 0) is 59.7 Å². The highest BCUT2D eigenvalue weighted by molar-refractivity contribution is 9.08. The minimum Gasteiger partial charge on any atom is -0.331 e. The third kappa shape index (κ3) is 4.43. The van der Waals surface area contributed by atoms with Gasteiger partial charge < -0.3 is 4.90 Å². The van der Waals surface area contributed by atoms with E-state index in [0.717, 1.165) is 16.7 Å². The summed E-state index contributed by atoms with van der Waals surface area (Å²) in [5, 5.41) is 4.08. The molecule has 4 rings (SSSR count). The Balaban J connectivity index is 1.83. The van der Waals surface area contributed by atoms with Gasteiger partial charge >= 0.3 is 6.18 Å². The minimum absolute atomic E-state index is 0.000209. The van der Waals surface area contributed by atoms with E-state index in [-0.39, 0.29) is 17.5 Å². The van der Waals surface area contributed by atoms with E-state index in [4.69, 9.17) is 0 Å². The molecule has 5 nitrogen and oxygen atoms in total. The molecule has 0 saturated heterocycles. The third-order valence-corrected chi connectivity index (χ3v) is 6.64. The maximum Gasteiger partial charge on any atom is 0.435 e. The molecule has 174 valence electrons. The van der Waals surface area contributed by atoms with Gasteiger partial charge in [0, 0.05) is 48.6 Å². The lowest BCUT2D eigenvalue weighted by Gasteiger charge is -2.36. The second-order valence-electron chi connectivity index (χ2n) is 8.33. The molecule has 0 saturated carbocycles. The summed E-state index contributed by atoms with van der Waals surface area (Å²) in [5.41, 5.74) is 3.27. The van der Waals surface area contributed by atoms with E-state index in [9.17, 15) is 18.0 Å². The predicted molar refractivity (Wildman–Crippen MR) is 123 cm³/mol. The van der Waals surface area contributed by atoms with Crippen LogP contribution in [0.1, 0.15) is 57.7 Å². The van der Waals surface area contributed by atoms with Crippen molar-refractivity contribution in [2.45, 2.75) is 44.2 Å². The number of carbonyl (C=O) groups is 1. The molecule has 0 fully saturated rings. The summed E-state index contributed by atoms with van der Waals surface area (Å²) >= 11 is 3.40. The third-order valence-electron chi connectivity index (χ3n) is 5.99. The zero-order chi connectivity index (χ0) is 23.9. The van der Waals surface area contributed by atoms with Crippen molar-refractivity contribution in [2.75, 3.05) is 6.54 Å². The number of nitrogens with zero attached hydrogens (tertiary/aromatic N) is 4. The lowest BCUT2D eigenvalue weighted by atomic mass is 9.87. The Kier molecular flexibility index (Phi) is 6.35. The molecule has 0 bridgehead atoms. The molecule has 1 aromatic carbocycles. The Morgan fingerprint density at radius 3 is 2.52 bits per heavy atom. The number of aryl methyl sites for hydroxylation is 2. The van der Waals surface area contributed by atoms with Gasteiger partial charge in [0.2, 0.25) is 0 Å². The fourth-order valence-electron chi connectivity index (χ4n) is 4.59. The van der Waals surface area contributed by atoms with E-state index < -0.39 is 11.9 Å². The van der Waals surface area contributed by atoms with Gasteiger partial charge in [0.25, 0.3) is 5.91 Å². The molecule has 1 amide bonds. The molecule has 1 aliphatic rings. The summed E-state index contributed by atoms with van der Waals surface area (Å²) < 4.78 is 42.3. The van der Waals surface area contributed by atoms with Crippen LogP contribution >= 0.6 is 15.9 Å². The van der Waals surface area contributed by atoms with Crippen LogP contribution in [0.25, 0.3) is 11.1 Å². The second kappa shape index (κ2) is 8.93. The van der Waals surface area contributed by atoms with Crippen LogP contribution in [0.15, 0.2) is 36.8 Å². The zero-order valence-corrected chi connectivity index (χ0v) is 20.2. The van der Waals surface area contributed by atoms with Crippen molar-refractivity contribution in [1.29, 1.82) is 0 Å². The highest BCUT2D eigenvalue weighted by atomic mass is 79.9. The van der Waals surface area contributed by atoms with Crippen LogP contribution in [-0.4, -0.2) is 32.1 Å². The van der Waals surface area contributed by atoms with E-state index in [0.29, 0.717) is 41.4 Å². The number of rotatable bonds is 5. The summed E-state index contributed by atoms with van der Waals surface area (Å²) in [6, 6.07) is 5.38. The molecule has 9 heteroatoms. The van der Waals surface area contributed by atoms with Gasteiger partial charge in [-0.3, -0.25) is 14.5 Å². The topological polar surface area (TPSA) is 51.0 Å². The summed E-state index contributed by atoms with van der Waals surface area (Å²) in [4.78, 5) is 19.7. The van der Waals surface area contributed by atoms with Crippen molar-refractivity contribution in [2.24, 2.45) is 7.05 Å². The molecular formula is C24H24BrF3N4O. The highest BCUT2D eigenvalue weighted by Crippen LogP contribution is 2.41. The first-order valence-corrected chi connectivity index (χ1v) is 11.8. The van der Waals surface area contributed by atoms with Crippen molar-refractivity contribution in [3.63, 3.8) is 0 Å². The minimum atomic E-state index is -4.59. The van der Waals surface area contributed by atoms with Gasteiger partial charge in [0.15, 0.2) is 5.69 Å². The number of benzene rings is 1. The highest BCUT2D eigenvalue weighted by Gasteiger charge is 2.39. The molecule has 0 N–H and O–H groups in total. The van der Waals surface area contributed by atoms with Gasteiger partial charge in [-0.1, -0.05) is 28.9 Å². The number of hydrogen-bond donors (Lipinski definition) is 0. The SMILES string of the molecule is CC[C@H](c1cncc(C)c1)N1CCc2c(cc(CBr)cc2-c2cn(C)nc2C(F)(F)F)C1=O. The lowest BCUT2D eigenvalue weighted by molar-refractivity contribution is -0.140. The number of fused-ring (bicyclic) bond motifs is 1. The summed E-state index contributed by atoms with van der Waals surface area (Å²) in [6.45, 7) is 4.39. The molecular weight excluding hydrogens is 497 g/mol.